The van der Waals surface area contributed by atoms with Crippen LogP contribution in [0.5, 0.6) is 0 Å². The molecule has 1 aliphatic heterocycles. The van der Waals surface area contributed by atoms with Crippen LogP contribution in [-0.4, -0.2) is 76.0 Å². The average Bonchev–Trinajstić information content (AvgIpc) is 2.39. The molecule has 1 aliphatic rings. The number of nitrogens with one attached hydrogen (secondary N) is 2. The first kappa shape index (κ1) is 16.4. The molecule has 0 aromatic rings. The summed E-state index contributed by atoms with van der Waals surface area (Å²) in [5.74, 6) is 0.0193. The lowest BCUT2D eigenvalue weighted by atomic mass is 10.2. The Morgan fingerprint density at radius 2 is 2.05 bits per heavy atom. The molecule has 2 N–H and O–H groups in total. The molecule has 1 rings (SSSR count). The topological polar surface area (TPSA) is 62.8 Å². The summed E-state index contributed by atoms with van der Waals surface area (Å²) in [6.07, 6.45) is 0. The minimum atomic E-state index is -0.187. The number of nitrogens with zero attached hydrogens (tertiary/aromatic N) is 1. The third-order valence-electron chi connectivity index (χ3n) is 3.17. The van der Waals surface area contributed by atoms with E-state index in [2.05, 4.69) is 22.5 Å². The highest BCUT2D eigenvalue weighted by Gasteiger charge is 2.18. The molecule has 0 aromatic carbocycles. The zero-order valence-corrected chi connectivity index (χ0v) is 12.3. The largest absolute Gasteiger partial charge is 0.383 e. The van der Waals surface area contributed by atoms with E-state index in [4.69, 9.17) is 9.47 Å². The zero-order chi connectivity index (χ0) is 14.1. The SMILES string of the molecule is COCCNC(=O)C(C)NC(C)CN1CCOCC1. The van der Waals surface area contributed by atoms with Crippen molar-refractivity contribution in [3.63, 3.8) is 0 Å². The second-order valence-electron chi connectivity index (χ2n) is 4.99. The highest BCUT2D eigenvalue weighted by molar-refractivity contribution is 5.81. The molecule has 0 saturated carbocycles. The van der Waals surface area contributed by atoms with Gasteiger partial charge < -0.3 is 20.1 Å². The van der Waals surface area contributed by atoms with Crippen LogP contribution in [0.4, 0.5) is 0 Å². The molecule has 112 valence electrons. The number of methoxy groups -OCH3 is 1. The maximum atomic E-state index is 11.8. The van der Waals surface area contributed by atoms with E-state index in [0.29, 0.717) is 13.2 Å². The lowest BCUT2D eigenvalue weighted by Crippen LogP contribution is -2.51. The Hall–Kier alpha value is -0.690. The molecule has 6 nitrogen and oxygen atoms in total. The third kappa shape index (κ3) is 6.87. The van der Waals surface area contributed by atoms with Crippen LogP contribution in [-0.2, 0) is 14.3 Å². The van der Waals surface area contributed by atoms with E-state index in [1.165, 1.54) is 0 Å². The van der Waals surface area contributed by atoms with Crippen molar-refractivity contribution in [3.8, 4) is 0 Å². The van der Waals surface area contributed by atoms with Gasteiger partial charge in [-0.25, -0.2) is 0 Å². The first-order valence-corrected chi connectivity index (χ1v) is 6.96. The molecule has 0 aromatic heterocycles. The molecule has 0 spiro atoms. The molecule has 19 heavy (non-hydrogen) atoms. The Kier molecular flexibility index (Phi) is 7.97. The van der Waals surface area contributed by atoms with Crippen molar-refractivity contribution >= 4 is 5.91 Å². The number of morpholine rings is 1. The monoisotopic (exact) mass is 273 g/mol. The summed E-state index contributed by atoms with van der Waals surface area (Å²) in [7, 11) is 1.62. The molecule has 0 aliphatic carbocycles. The van der Waals surface area contributed by atoms with Gasteiger partial charge in [-0.1, -0.05) is 0 Å². The van der Waals surface area contributed by atoms with E-state index in [1.54, 1.807) is 7.11 Å². The van der Waals surface area contributed by atoms with Crippen molar-refractivity contribution in [1.82, 2.24) is 15.5 Å². The van der Waals surface area contributed by atoms with Gasteiger partial charge in [0.25, 0.3) is 0 Å². The number of carbonyl (C=O) groups excluding carboxylic acids is 1. The molecule has 6 heteroatoms. The summed E-state index contributed by atoms with van der Waals surface area (Å²) >= 11 is 0. The van der Waals surface area contributed by atoms with Gasteiger partial charge in [0.2, 0.25) is 5.91 Å². The predicted molar refractivity (Wildman–Crippen MR) is 74.2 cm³/mol. The summed E-state index contributed by atoms with van der Waals surface area (Å²) in [4.78, 5) is 14.1. The lowest BCUT2D eigenvalue weighted by molar-refractivity contribution is -0.123. The van der Waals surface area contributed by atoms with Crippen molar-refractivity contribution in [2.24, 2.45) is 0 Å². The summed E-state index contributed by atoms with van der Waals surface area (Å²) in [5.41, 5.74) is 0. The number of hydrogen-bond donors (Lipinski definition) is 2. The fraction of sp³-hybridized carbons (Fsp3) is 0.923. The van der Waals surface area contributed by atoms with E-state index in [0.717, 1.165) is 32.8 Å². The average molecular weight is 273 g/mol. The fourth-order valence-corrected chi connectivity index (χ4v) is 2.16. The van der Waals surface area contributed by atoms with Crippen molar-refractivity contribution in [3.05, 3.63) is 0 Å². The Morgan fingerprint density at radius 1 is 1.37 bits per heavy atom. The Morgan fingerprint density at radius 3 is 2.68 bits per heavy atom. The summed E-state index contributed by atoms with van der Waals surface area (Å²) in [5, 5.41) is 6.15. The van der Waals surface area contributed by atoms with Crippen LogP contribution in [0, 0.1) is 0 Å². The third-order valence-corrected chi connectivity index (χ3v) is 3.17. The van der Waals surface area contributed by atoms with Gasteiger partial charge in [-0.05, 0) is 13.8 Å². The van der Waals surface area contributed by atoms with Crippen molar-refractivity contribution < 1.29 is 14.3 Å². The predicted octanol–water partition coefficient (Wildman–Crippen LogP) is -0.552. The van der Waals surface area contributed by atoms with Gasteiger partial charge >= 0.3 is 0 Å². The van der Waals surface area contributed by atoms with Crippen LogP contribution < -0.4 is 10.6 Å². The highest BCUT2D eigenvalue weighted by Crippen LogP contribution is 1.99. The second kappa shape index (κ2) is 9.25. The maximum absolute atomic E-state index is 11.8. The minimum Gasteiger partial charge on any atom is -0.383 e. The standard InChI is InChI=1S/C13H27N3O3/c1-11(10-16-5-8-19-9-6-16)15-12(2)13(17)14-4-7-18-3/h11-12,15H,4-10H2,1-3H3,(H,14,17). The molecule has 0 radical (unpaired) electrons. The summed E-state index contributed by atoms with van der Waals surface area (Å²) in [6.45, 7) is 9.59. The van der Waals surface area contributed by atoms with Gasteiger partial charge in [-0.3, -0.25) is 9.69 Å². The summed E-state index contributed by atoms with van der Waals surface area (Å²) in [6, 6.07) is 0.0918. The van der Waals surface area contributed by atoms with Crippen molar-refractivity contribution in [1.29, 1.82) is 0 Å². The van der Waals surface area contributed by atoms with Gasteiger partial charge in [0.15, 0.2) is 0 Å². The van der Waals surface area contributed by atoms with Crippen molar-refractivity contribution in [2.75, 3.05) is 53.1 Å². The first-order chi connectivity index (χ1) is 9.13. The van der Waals surface area contributed by atoms with Crippen LogP contribution in [0.15, 0.2) is 0 Å². The highest BCUT2D eigenvalue weighted by atomic mass is 16.5. The van der Waals surface area contributed by atoms with Gasteiger partial charge in [-0.2, -0.15) is 0 Å². The second-order valence-corrected chi connectivity index (χ2v) is 4.99. The van der Waals surface area contributed by atoms with Gasteiger partial charge in [0.05, 0.1) is 25.9 Å². The Bertz CT molecular complexity index is 258. The fourth-order valence-electron chi connectivity index (χ4n) is 2.16. The van der Waals surface area contributed by atoms with Crippen LogP contribution >= 0.6 is 0 Å². The number of carbonyl (C=O) groups is 1. The van der Waals surface area contributed by atoms with Crippen molar-refractivity contribution in [2.45, 2.75) is 25.9 Å². The maximum Gasteiger partial charge on any atom is 0.236 e. The molecule has 1 heterocycles. The lowest BCUT2D eigenvalue weighted by Gasteiger charge is -2.30. The molecule has 1 fully saturated rings. The minimum absolute atomic E-state index is 0.0193. The number of ether oxygens (including phenoxy) is 2. The van der Waals surface area contributed by atoms with Crippen LogP contribution in [0.3, 0.4) is 0 Å². The Labute approximate surface area is 115 Å². The molecule has 1 amide bonds. The molecular weight excluding hydrogens is 246 g/mol. The van der Waals surface area contributed by atoms with E-state index in [1.807, 2.05) is 6.92 Å². The molecule has 1 saturated heterocycles. The molecule has 0 bridgehead atoms. The van der Waals surface area contributed by atoms with E-state index < -0.39 is 0 Å². The van der Waals surface area contributed by atoms with E-state index in [9.17, 15) is 4.79 Å². The summed E-state index contributed by atoms with van der Waals surface area (Å²) < 4.78 is 10.2. The quantitative estimate of drug-likeness (QED) is 0.581. The Balaban J connectivity index is 2.18. The van der Waals surface area contributed by atoms with Crippen LogP contribution in [0.2, 0.25) is 0 Å². The van der Waals surface area contributed by atoms with Gasteiger partial charge in [0.1, 0.15) is 0 Å². The van der Waals surface area contributed by atoms with E-state index >= 15 is 0 Å². The normalized spacial score (nSPS) is 19.9. The zero-order valence-electron chi connectivity index (χ0n) is 12.3. The smallest absolute Gasteiger partial charge is 0.236 e. The van der Waals surface area contributed by atoms with Crippen LogP contribution in [0.1, 0.15) is 13.8 Å². The first-order valence-electron chi connectivity index (χ1n) is 6.96. The van der Waals surface area contributed by atoms with Gasteiger partial charge in [-0.15, -0.1) is 0 Å². The number of amides is 1. The van der Waals surface area contributed by atoms with E-state index in [-0.39, 0.29) is 18.0 Å². The molecule has 2 atom stereocenters. The number of rotatable bonds is 8. The molecule has 2 unspecified atom stereocenters. The van der Waals surface area contributed by atoms with Gasteiger partial charge in [0, 0.05) is 39.3 Å². The van der Waals surface area contributed by atoms with Crippen LogP contribution in [0.25, 0.3) is 0 Å². The number of hydrogen-bond acceptors (Lipinski definition) is 5. The molecular formula is C13H27N3O3.